The Kier molecular flexibility index (Phi) is 5.49. The van der Waals surface area contributed by atoms with Crippen LogP contribution in [0.3, 0.4) is 0 Å². The third kappa shape index (κ3) is 3.76. The molecule has 4 aromatic carbocycles. The van der Waals surface area contributed by atoms with Crippen LogP contribution >= 0.6 is 11.6 Å². The third-order valence-electron chi connectivity index (χ3n) is 6.79. The van der Waals surface area contributed by atoms with Gasteiger partial charge in [0.15, 0.2) is 11.5 Å². The van der Waals surface area contributed by atoms with Crippen LogP contribution < -0.4 is 0 Å². The molecule has 182 valence electrons. The van der Waals surface area contributed by atoms with Gasteiger partial charge in [-0.3, -0.25) is 0 Å². The average Bonchev–Trinajstić information content (AvgIpc) is 3.54. The summed E-state index contributed by atoms with van der Waals surface area (Å²) in [4.78, 5) is 9.99. The van der Waals surface area contributed by atoms with Crippen LogP contribution in [0.1, 0.15) is 5.56 Å². The Morgan fingerprint density at radius 1 is 0.658 bits per heavy atom. The van der Waals surface area contributed by atoms with E-state index in [0.717, 1.165) is 44.6 Å². The predicted octanol–water partition coefficient (Wildman–Crippen LogP) is 7.78. The molecule has 7 aromatic rings. The molecule has 7 rings (SSSR count). The van der Waals surface area contributed by atoms with Gasteiger partial charge in [0.25, 0.3) is 0 Å². The fraction of sp³-hybridized carbons (Fsp3) is 0.0312. The minimum atomic E-state index is 0.570. The minimum absolute atomic E-state index is 0.570. The molecule has 0 N–H and O–H groups in total. The number of rotatable bonds is 5. The van der Waals surface area contributed by atoms with Crippen LogP contribution in [-0.2, 0) is 6.54 Å². The van der Waals surface area contributed by atoms with Gasteiger partial charge in [-0.05, 0) is 28.8 Å². The van der Waals surface area contributed by atoms with Crippen LogP contribution in [0.15, 0.2) is 122 Å². The molecule has 0 aliphatic rings. The highest BCUT2D eigenvalue weighted by Gasteiger charge is 2.25. The SMILES string of the molecule is Clc1ccccc1-c1nc2c3c(-c4ccccc4)c(-c4ccccc4)n(Cc4ccccc4)c3ncn2n1. The maximum Gasteiger partial charge on any atom is 0.183 e. The van der Waals surface area contributed by atoms with Crippen LogP contribution in [-0.4, -0.2) is 24.1 Å². The first kappa shape index (κ1) is 22.5. The van der Waals surface area contributed by atoms with E-state index in [1.54, 1.807) is 10.8 Å². The van der Waals surface area contributed by atoms with Crippen molar-refractivity contribution in [3.63, 3.8) is 0 Å². The summed E-state index contributed by atoms with van der Waals surface area (Å²) in [5.41, 5.74) is 7.98. The van der Waals surface area contributed by atoms with E-state index in [4.69, 9.17) is 26.7 Å². The average molecular weight is 512 g/mol. The molecule has 0 spiro atoms. The lowest BCUT2D eigenvalue weighted by Crippen LogP contribution is -2.03. The van der Waals surface area contributed by atoms with E-state index in [1.165, 1.54) is 5.56 Å². The molecule has 0 saturated carbocycles. The summed E-state index contributed by atoms with van der Waals surface area (Å²) in [5, 5.41) is 6.34. The Morgan fingerprint density at radius 3 is 2.00 bits per heavy atom. The standard InChI is InChI=1S/C32H22ClN5/c33-26-19-11-10-18-25(26)30-35-32-28-27(23-14-6-2-7-15-23)29(24-16-8-3-9-17-24)37(20-22-12-4-1-5-13-22)31(28)34-21-38(32)36-30/h1-19,21H,20H2. The second-order valence-corrected chi connectivity index (χ2v) is 9.56. The van der Waals surface area contributed by atoms with Crippen LogP contribution in [0.25, 0.3) is 50.5 Å². The Morgan fingerprint density at radius 2 is 1.29 bits per heavy atom. The molecular formula is C32H22ClN5. The van der Waals surface area contributed by atoms with E-state index in [9.17, 15) is 0 Å². The molecular weight excluding hydrogens is 490 g/mol. The largest absolute Gasteiger partial charge is 0.320 e. The zero-order valence-electron chi connectivity index (χ0n) is 20.4. The van der Waals surface area contributed by atoms with Crippen molar-refractivity contribution >= 4 is 28.3 Å². The van der Waals surface area contributed by atoms with Gasteiger partial charge >= 0.3 is 0 Å². The van der Waals surface area contributed by atoms with Crippen molar-refractivity contribution in [3.05, 3.63) is 132 Å². The third-order valence-corrected chi connectivity index (χ3v) is 7.12. The first-order chi connectivity index (χ1) is 18.8. The highest BCUT2D eigenvalue weighted by molar-refractivity contribution is 6.33. The van der Waals surface area contributed by atoms with Crippen LogP contribution in [0.5, 0.6) is 0 Å². The number of fused-ring (bicyclic) bond motifs is 3. The highest BCUT2D eigenvalue weighted by Crippen LogP contribution is 2.42. The van der Waals surface area contributed by atoms with Gasteiger partial charge in [0.05, 0.1) is 16.1 Å². The Bertz CT molecular complexity index is 1890. The van der Waals surface area contributed by atoms with Crippen molar-refractivity contribution in [2.75, 3.05) is 0 Å². The monoisotopic (exact) mass is 511 g/mol. The van der Waals surface area contributed by atoms with Crippen LogP contribution in [0, 0.1) is 0 Å². The minimum Gasteiger partial charge on any atom is -0.320 e. The second kappa shape index (κ2) is 9.29. The van der Waals surface area contributed by atoms with E-state index in [-0.39, 0.29) is 0 Å². The topological polar surface area (TPSA) is 48.0 Å². The van der Waals surface area contributed by atoms with Gasteiger partial charge in [-0.2, -0.15) is 0 Å². The summed E-state index contributed by atoms with van der Waals surface area (Å²) in [5.74, 6) is 0.570. The summed E-state index contributed by atoms with van der Waals surface area (Å²) in [6.45, 7) is 0.670. The van der Waals surface area contributed by atoms with E-state index in [2.05, 4.69) is 77.4 Å². The molecule has 6 heteroatoms. The van der Waals surface area contributed by atoms with E-state index >= 15 is 0 Å². The van der Waals surface area contributed by atoms with Gasteiger partial charge in [-0.25, -0.2) is 14.5 Å². The molecule has 0 aliphatic carbocycles. The number of nitrogens with zero attached hydrogens (tertiary/aromatic N) is 5. The Labute approximate surface area is 224 Å². The first-order valence-electron chi connectivity index (χ1n) is 12.4. The first-order valence-corrected chi connectivity index (χ1v) is 12.8. The lowest BCUT2D eigenvalue weighted by atomic mass is 9.99. The zero-order valence-corrected chi connectivity index (χ0v) is 21.1. The molecule has 0 saturated heterocycles. The van der Waals surface area contributed by atoms with Gasteiger partial charge in [0, 0.05) is 17.7 Å². The lowest BCUT2D eigenvalue weighted by Gasteiger charge is -2.13. The Balaban J connectivity index is 1.61. The van der Waals surface area contributed by atoms with Crippen molar-refractivity contribution in [1.82, 2.24) is 24.1 Å². The maximum absolute atomic E-state index is 6.52. The molecule has 0 unspecified atom stereocenters. The van der Waals surface area contributed by atoms with Crippen molar-refractivity contribution in [3.8, 4) is 33.8 Å². The molecule has 3 aromatic heterocycles. The number of halogens is 1. The molecule has 0 fully saturated rings. The summed E-state index contributed by atoms with van der Waals surface area (Å²) in [7, 11) is 0. The zero-order chi connectivity index (χ0) is 25.5. The fourth-order valence-corrected chi connectivity index (χ4v) is 5.31. The quantitative estimate of drug-likeness (QED) is 0.237. The van der Waals surface area contributed by atoms with E-state index in [0.29, 0.717) is 17.4 Å². The van der Waals surface area contributed by atoms with Gasteiger partial charge in [0.1, 0.15) is 12.0 Å². The summed E-state index contributed by atoms with van der Waals surface area (Å²) in [6.07, 6.45) is 1.75. The number of aromatic nitrogens is 5. The van der Waals surface area contributed by atoms with Crippen LogP contribution in [0.2, 0.25) is 5.02 Å². The van der Waals surface area contributed by atoms with Gasteiger partial charge < -0.3 is 4.57 Å². The molecule has 0 radical (unpaired) electrons. The Hall–Kier alpha value is -4.74. The van der Waals surface area contributed by atoms with E-state index in [1.807, 2.05) is 42.5 Å². The highest BCUT2D eigenvalue weighted by atomic mass is 35.5. The summed E-state index contributed by atoms with van der Waals surface area (Å²) >= 11 is 6.52. The maximum atomic E-state index is 6.52. The number of benzene rings is 4. The van der Waals surface area contributed by atoms with Crippen molar-refractivity contribution in [2.24, 2.45) is 0 Å². The van der Waals surface area contributed by atoms with Crippen LogP contribution in [0.4, 0.5) is 0 Å². The molecule has 0 amide bonds. The number of hydrogen-bond acceptors (Lipinski definition) is 3. The van der Waals surface area contributed by atoms with E-state index < -0.39 is 0 Å². The normalized spacial score (nSPS) is 11.4. The van der Waals surface area contributed by atoms with Crippen molar-refractivity contribution in [1.29, 1.82) is 0 Å². The summed E-state index contributed by atoms with van der Waals surface area (Å²) < 4.78 is 4.06. The smallest absolute Gasteiger partial charge is 0.183 e. The molecule has 0 aliphatic heterocycles. The fourth-order valence-electron chi connectivity index (χ4n) is 5.09. The molecule has 0 bridgehead atoms. The van der Waals surface area contributed by atoms with Crippen molar-refractivity contribution < 1.29 is 0 Å². The lowest BCUT2D eigenvalue weighted by molar-refractivity contribution is 0.826. The number of hydrogen-bond donors (Lipinski definition) is 0. The molecule has 3 heterocycles. The summed E-state index contributed by atoms with van der Waals surface area (Å²) in [6, 6.07) is 39.1. The van der Waals surface area contributed by atoms with Crippen molar-refractivity contribution in [2.45, 2.75) is 6.54 Å². The van der Waals surface area contributed by atoms with Gasteiger partial charge in [-0.15, -0.1) is 5.10 Å². The molecule has 38 heavy (non-hydrogen) atoms. The molecule has 0 atom stereocenters. The predicted molar refractivity (Wildman–Crippen MR) is 153 cm³/mol. The second-order valence-electron chi connectivity index (χ2n) is 9.15. The van der Waals surface area contributed by atoms with Gasteiger partial charge in [0.2, 0.25) is 0 Å². The molecule has 5 nitrogen and oxygen atoms in total. The van der Waals surface area contributed by atoms with Gasteiger partial charge in [-0.1, -0.05) is 115 Å².